The number of carbonyl (C=O) groups excluding carboxylic acids is 1. The van der Waals surface area contributed by atoms with Crippen molar-refractivity contribution < 1.29 is 19.0 Å². The number of amides is 1. The minimum Gasteiger partial charge on any atom is -0.490 e. The fourth-order valence-corrected chi connectivity index (χ4v) is 4.00. The molecule has 2 aliphatic heterocycles. The second kappa shape index (κ2) is 9.46. The molecule has 5 rings (SSSR count). The van der Waals surface area contributed by atoms with Crippen molar-refractivity contribution >= 4 is 11.7 Å². The zero-order valence-electron chi connectivity index (χ0n) is 18.3. The average Bonchev–Trinajstić information content (AvgIpc) is 3.10. The highest BCUT2D eigenvalue weighted by molar-refractivity contribution is 5.79. The summed E-state index contributed by atoms with van der Waals surface area (Å²) in [5.74, 6) is 1.98. The number of nitrogens with zero attached hydrogens (tertiary/aromatic N) is 3. The SMILES string of the molecule is Nc1ccc(-c2ccc([C@H]3CN(C(=O)Cc4ccc5c(c4)OCCCO5)CCO3)nc2)cn1. The van der Waals surface area contributed by atoms with Gasteiger partial charge in [0.15, 0.2) is 11.5 Å². The van der Waals surface area contributed by atoms with Crippen LogP contribution in [0.1, 0.15) is 23.8 Å². The third-order valence-corrected chi connectivity index (χ3v) is 5.82. The Morgan fingerprint density at radius 3 is 2.52 bits per heavy atom. The summed E-state index contributed by atoms with van der Waals surface area (Å²) in [4.78, 5) is 23.6. The Morgan fingerprint density at radius 1 is 0.970 bits per heavy atom. The molecule has 4 heterocycles. The molecule has 0 unspecified atom stereocenters. The van der Waals surface area contributed by atoms with Crippen molar-refractivity contribution in [1.82, 2.24) is 14.9 Å². The van der Waals surface area contributed by atoms with Crippen molar-refractivity contribution in [3.63, 3.8) is 0 Å². The summed E-state index contributed by atoms with van der Waals surface area (Å²) in [5.41, 5.74) is 9.26. The van der Waals surface area contributed by atoms with Crippen LogP contribution in [0.15, 0.2) is 54.9 Å². The quantitative estimate of drug-likeness (QED) is 0.658. The molecule has 1 aromatic carbocycles. The van der Waals surface area contributed by atoms with Crippen LogP contribution in [0, 0.1) is 0 Å². The first-order valence-electron chi connectivity index (χ1n) is 11.1. The van der Waals surface area contributed by atoms with E-state index in [4.69, 9.17) is 19.9 Å². The van der Waals surface area contributed by atoms with Crippen LogP contribution in [0.5, 0.6) is 11.5 Å². The molecule has 0 radical (unpaired) electrons. The number of rotatable bonds is 4. The highest BCUT2D eigenvalue weighted by Crippen LogP contribution is 2.31. The zero-order chi connectivity index (χ0) is 22.6. The molecule has 1 atom stereocenters. The highest BCUT2D eigenvalue weighted by Gasteiger charge is 2.26. The van der Waals surface area contributed by atoms with E-state index < -0.39 is 0 Å². The van der Waals surface area contributed by atoms with Crippen molar-refractivity contribution in [2.24, 2.45) is 0 Å². The van der Waals surface area contributed by atoms with Crippen molar-refractivity contribution in [3.8, 4) is 22.6 Å². The predicted molar refractivity (Wildman–Crippen MR) is 123 cm³/mol. The van der Waals surface area contributed by atoms with Crippen LogP contribution < -0.4 is 15.2 Å². The van der Waals surface area contributed by atoms with E-state index in [0.29, 0.717) is 50.9 Å². The van der Waals surface area contributed by atoms with Crippen LogP contribution in [0.4, 0.5) is 5.82 Å². The van der Waals surface area contributed by atoms with Crippen molar-refractivity contribution in [1.29, 1.82) is 0 Å². The topological polar surface area (TPSA) is 99.8 Å². The molecule has 0 spiro atoms. The fraction of sp³-hybridized carbons (Fsp3) is 0.320. The van der Waals surface area contributed by atoms with Crippen molar-refractivity contribution in [2.45, 2.75) is 18.9 Å². The van der Waals surface area contributed by atoms with E-state index in [1.165, 1.54) is 0 Å². The van der Waals surface area contributed by atoms with Crippen molar-refractivity contribution in [2.75, 3.05) is 38.6 Å². The predicted octanol–water partition coefficient (Wildman–Crippen LogP) is 3.03. The molecule has 0 bridgehead atoms. The Balaban J connectivity index is 1.23. The lowest BCUT2D eigenvalue weighted by molar-refractivity contribution is -0.138. The highest BCUT2D eigenvalue weighted by atomic mass is 16.5. The molecule has 1 amide bonds. The van der Waals surface area contributed by atoms with Crippen LogP contribution >= 0.6 is 0 Å². The van der Waals surface area contributed by atoms with Gasteiger partial charge in [0, 0.05) is 36.5 Å². The number of morpholine rings is 1. The standard InChI is InChI=1S/C25H26N4O4/c26-24-7-4-19(15-28-24)18-3-5-20(27-14-18)23-16-29(8-11-33-23)25(30)13-17-2-6-21-22(12-17)32-10-1-9-31-21/h2-7,12,14-15,23H,1,8-11,13,16H2,(H2,26,28)/t23-/m1/s1. The van der Waals surface area contributed by atoms with Crippen LogP contribution in [-0.4, -0.2) is 53.7 Å². The maximum Gasteiger partial charge on any atom is 0.227 e. The number of hydrogen-bond acceptors (Lipinski definition) is 7. The first kappa shape index (κ1) is 21.2. The Kier molecular flexibility index (Phi) is 6.08. The summed E-state index contributed by atoms with van der Waals surface area (Å²) in [6, 6.07) is 13.3. The van der Waals surface area contributed by atoms with Gasteiger partial charge in [-0.2, -0.15) is 0 Å². The molecule has 0 aliphatic carbocycles. The minimum absolute atomic E-state index is 0.0577. The van der Waals surface area contributed by atoms with E-state index in [1.54, 1.807) is 18.5 Å². The number of hydrogen-bond donors (Lipinski definition) is 1. The Labute approximate surface area is 192 Å². The Morgan fingerprint density at radius 2 is 1.76 bits per heavy atom. The summed E-state index contributed by atoms with van der Waals surface area (Å²) in [7, 11) is 0. The van der Waals surface area contributed by atoms with Gasteiger partial charge in [-0.15, -0.1) is 0 Å². The van der Waals surface area contributed by atoms with Gasteiger partial charge in [-0.1, -0.05) is 12.1 Å². The second-order valence-electron chi connectivity index (χ2n) is 8.15. The lowest BCUT2D eigenvalue weighted by Gasteiger charge is -2.33. The van der Waals surface area contributed by atoms with Gasteiger partial charge in [0.25, 0.3) is 0 Å². The molecular weight excluding hydrogens is 420 g/mol. The van der Waals surface area contributed by atoms with Gasteiger partial charge >= 0.3 is 0 Å². The molecule has 1 saturated heterocycles. The number of ether oxygens (including phenoxy) is 3. The number of pyridine rings is 2. The molecule has 170 valence electrons. The van der Waals surface area contributed by atoms with E-state index >= 15 is 0 Å². The first-order chi connectivity index (χ1) is 16.2. The number of nitrogen functional groups attached to an aromatic ring is 1. The van der Waals surface area contributed by atoms with Gasteiger partial charge in [0.05, 0.1) is 38.5 Å². The fourth-order valence-electron chi connectivity index (χ4n) is 4.00. The number of fused-ring (bicyclic) bond motifs is 1. The molecule has 2 N–H and O–H groups in total. The van der Waals surface area contributed by atoms with Gasteiger partial charge in [-0.25, -0.2) is 4.98 Å². The Bertz CT molecular complexity index is 1120. The van der Waals surface area contributed by atoms with Crippen LogP contribution in [0.3, 0.4) is 0 Å². The number of benzene rings is 1. The molecule has 1 fully saturated rings. The second-order valence-corrected chi connectivity index (χ2v) is 8.15. The third-order valence-electron chi connectivity index (χ3n) is 5.82. The third kappa shape index (κ3) is 4.90. The molecule has 2 aliphatic rings. The molecule has 0 saturated carbocycles. The lowest BCUT2D eigenvalue weighted by atomic mass is 10.1. The van der Waals surface area contributed by atoms with E-state index in [9.17, 15) is 4.79 Å². The summed E-state index contributed by atoms with van der Waals surface area (Å²) in [6.07, 6.45) is 4.42. The Hall–Kier alpha value is -3.65. The summed E-state index contributed by atoms with van der Waals surface area (Å²) in [5, 5.41) is 0. The number of nitrogens with two attached hydrogens (primary N) is 1. The zero-order valence-corrected chi connectivity index (χ0v) is 18.3. The number of carbonyl (C=O) groups is 1. The molecule has 3 aromatic rings. The maximum atomic E-state index is 13.0. The largest absolute Gasteiger partial charge is 0.490 e. The van der Waals surface area contributed by atoms with Gasteiger partial charge in [-0.05, 0) is 35.9 Å². The maximum absolute atomic E-state index is 13.0. The molecule has 33 heavy (non-hydrogen) atoms. The van der Waals surface area contributed by atoms with Gasteiger partial charge < -0.3 is 24.8 Å². The number of anilines is 1. The van der Waals surface area contributed by atoms with Gasteiger partial charge in [-0.3, -0.25) is 9.78 Å². The summed E-state index contributed by atoms with van der Waals surface area (Å²) in [6.45, 7) is 2.78. The minimum atomic E-state index is -0.259. The normalized spacial score (nSPS) is 17.9. The smallest absolute Gasteiger partial charge is 0.227 e. The van der Waals surface area contributed by atoms with E-state index in [-0.39, 0.29) is 12.0 Å². The molecule has 2 aromatic heterocycles. The van der Waals surface area contributed by atoms with Gasteiger partial charge in [0.2, 0.25) is 5.91 Å². The molecule has 8 heteroatoms. The van der Waals surface area contributed by atoms with E-state index in [1.807, 2.05) is 41.3 Å². The van der Waals surface area contributed by atoms with Crippen LogP contribution in [0.25, 0.3) is 11.1 Å². The van der Waals surface area contributed by atoms with Crippen LogP contribution in [0.2, 0.25) is 0 Å². The average molecular weight is 447 g/mol. The number of aromatic nitrogens is 2. The van der Waals surface area contributed by atoms with Crippen LogP contribution in [-0.2, 0) is 16.0 Å². The van der Waals surface area contributed by atoms with Gasteiger partial charge in [0.1, 0.15) is 11.9 Å². The first-order valence-corrected chi connectivity index (χ1v) is 11.1. The molecular formula is C25H26N4O4. The van der Waals surface area contributed by atoms with Crippen molar-refractivity contribution in [3.05, 3.63) is 66.1 Å². The lowest BCUT2D eigenvalue weighted by Crippen LogP contribution is -2.43. The summed E-state index contributed by atoms with van der Waals surface area (Å²) < 4.78 is 17.3. The monoisotopic (exact) mass is 446 g/mol. The van der Waals surface area contributed by atoms with E-state index in [0.717, 1.165) is 34.6 Å². The van der Waals surface area contributed by atoms with E-state index in [2.05, 4.69) is 9.97 Å². The molecule has 8 nitrogen and oxygen atoms in total. The summed E-state index contributed by atoms with van der Waals surface area (Å²) >= 11 is 0.